The summed E-state index contributed by atoms with van der Waals surface area (Å²) in [4.78, 5) is 11.5. The van der Waals surface area contributed by atoms with Gasteiger partial charge in [0.05, 0.1) is 5.69 Å². The number of hydrogen-bond donors (Lipinski definition) is 0. The number of aromatic nitrogens is 3. The summed E-state index contributed by atoms with van der Waals surface area (Å²) in [5.41, 5.74) is 0.603. The van der Waals surface area contributed by atoms with Gasteiger partial charge in [-0.25, -0.2) is 19.3 Å². The van der Waals surface area contributed by atoms with Crippen molar-refractivity contribution >= 4 is 11.6 Å². The van der Waals surface area contributed by atoms with Crippen LogP contribution in [0.1, 0.15) is 5.69 Å². The predicted octanol–water partition coefficient (Wildman–Crippen LogP) is 2.24. The summed E-state index contributed by atoms with van der Waals surface area (Å²) in [5.74, 6) is -0.194. The second-order valence-electron chi connectivity index (χ2n) is 2.92. The van der Waals surface area contributed by atoms with Crippen LogP contribution in [0.15, 0.2) is 30.6 Å². The summed E-state index contributed by atoms with van der Waals surface area (Å²) < 4.78 is 18.0. The molecule has 0 bridgehead atoms. The monoisotopic (exact) mass is 239 g/mol. The van der Waals surface area contributed by atoms with Crippen molar-refractivity contribution in [2.45, 2.75) is 6.61 Å². The lowest BCUT2D eigenvalue weighted by Gasteiger charge is -2.04. The van der Waals surface area contributed by atoms with E-state index in [9.17, 15) is 4.39 Å². The van der Waals surface area contributed by atoms with Crippen molar-refractivity contribution in [2.24, 2.45) is 0 Å². The Kier molecular flexibility index (Phi) is 3.26. The Labute approximate surface area is 96.1 Å². The van der Waals surface area contributed by atoms with Crippen LogP contribution in [0.5, 0.6) is 5.88 Å². The maximum Gasteiger partial charge on any atom is 0.222 e. The molecule has 0 aromatic carbocycles. The second kappa shape index (κ2) is 4.85. The van der Waals surface area contributed by atoms with Crippen LogP contribution in [-0.4, -0.2) is 15.0 Å². The Morgan fingerprint density at radius 1 is 1.25 bits per heavy atom. The van der Waals surface area contributed by atoms with Crippen LogP contribution in [0.2, 0.25) is 5.28 Å². The van der Waals surface area contributed by atoms with Gasteiger partial charge in [-0.2, -0.15) is 0 Å². The molecule has 0 N–H and O–H groups in total. The molecular formula is C10H7ClFN3O. The van der Waals surface area contributed by atoms with Crippen LogP contribution in [0.3, 0.4) is 0 Å². The van der Waals surface area contributed by atoms with Gasteiger partial charge in [0.1, 0.15) is 12.4 Å². The molecule has 0 atom stereocenters. The van der Waals surface area contributed by atoms with Gasteiger partial charge >= 0.3 is 0 Å². The van der Waals surface area contributed by atoms with E-state index in [0.717, 1.165) is 0 Å². The van der Waals surface area contributed by atoms with E-state index in [2.05, 4.69) is 15.0 Å². The Bertz CT molecular complexity index is 449. The van der Waals surface area contributed by atoms with Crippen LogP contribution in [0.4, 0.5) is 4.39 Å². The van der Waals surface area contributed by atoms with E-state index in [1.54, 1.807) is 6.07 Å². The molecule has 0 radical (unpaired) electrons. The molecule has 2 aromatic heterocycles. The normalized spacial score (nSPS) is 10.1. The number of rotatable bonds is 3. The van der Waals surface area contributed by atoms with Crippen LogP contribution >= 0.6 is 11.6 Å². The van der Waals surface area contributed by atoms with Gasteiger partial charge in [-0.3, -0.25) is 0 Å². The molecule has 82 valence electrons. The van der Waals surface area contributed by atoms with Crippen LogP contribution in [-0.2, 0) is 6.61 Å². The molecule has 2 rings (SSSR count). The zero-order valence-corrected chi connectivity index (χ0v) is 8.86. The minimum atomic E-state index is -0.397. The minimum absolute atomic E-state index is 0.147. The largest absolute Gasteiger partial charge is 0.471 e. The Hall–Kier alpha value is -1.75. The van der Waals surface area contributed by atoms with Gasteiger partial charge in [-0.15, -0.1) is 0 Å². The van der Waals surface area contributed by atoms with Crippen molar-refractivity contribution in [3.63, 3.8) is 0 Å². The quantitative estimate of drug-likeness (QED) is 0.771. The van der Waals surface area contributed by atoms with E-state index in [1.807, 2.05) is 0 Å². The highest BCUT2D eigenvalue weighted by Gasteiger charge is 2.00. The summed E-state index contributed by atoms with van der Waals surface area (Å²) in [6, 6.07) is 4.10. The van der Waals surface area contributed by atoms with Gasteiger partial charge in [0.2, 0.25) is 11.2 Å². The summed E-state index contributed by atoms with van der Waals surface area (Å²) in [6.45, 7) is 0.165. The van der Waals surface area contributed by atoms with Crippen molar-refractivity contribution < 1.29 is 9.13 Å². The zero-order valence-electron chi connectivity index (χ0n) is 8.10. The number of halogens is 2. The van der Waals surface area contributed by atoms with Crippen LogP contribution < -0.4 is 4.74 Å². The Balaban J connectivity index is 2.02. The molecule has 2 aromatic rings. The zero-order chi connectivity index (χ0) is 11.4. The van der Waals surface area contributed by atoms with Crippen molar-refractivity contribution in [3.05, 3.63) is 47.4 Å². The summed E-state index contributed by atoms with van der Waals surface area (Å²) in [5, 5.41) is 0.147. The molecule has 2 heterocycles. The second-order valence-corrected chi connectivity index (χ2v) is 3.26. The molecule has 6 heteroatoms. The molecule has 0 amide bonds. The first-order valence-corrected chi connectivity index (χ1v) is 4.83. The molecule has 0 aliphatic rings. The molecule has 0 fully saturated rings. The van der Waals surface area contributed by atoms with Crippen molar-refractivity contribution in [2.75, 3.05) is 0 Å². The lowest BCUT2D eigenvalue weighted by atomic mass is 10.4. The minimum Gasteiger partial charge on any atom is -0.471 e. The smallest absolute Gasteiger partial charge is 0.222 e. The topological polar surface area (TPSA) is 47.9 Å². The van der Waals surface area contributed by atoms with E-state index in [1.165, 1.54) is 24.5 Å². The highest BCUT2D eigenvalue weighted by atomic mass is 35.5. The van der Waals surface area contributed by atoms with Gasteiger partial charge in [-0.1, -0.05) is 0 Å². The van der Waals surface area contributed by atoms with Gasteiger partial charge in [0.25, 0.3) is 0 Å². The summed E-state index contributed by atoms with van der Waals surface area (Å²) >= 11 is 5.60. The highest BCUT2D eigenvalue weighted by Crippen LogP contribution is 2.10. The number of pyridine rings is 1. The fourth-order valence-electron chi connectivity index (χ4n) is 1.06. The summed E-state index contributed by atoms with van der Waals surface area (Å²) in [6.07, 6.45) is 2.85. The Morgan fingerprint density at radius 3 is 2.81 bits per heavy atom. The maximum absolute atomic E-state index is 12.8. The maximum atomic E-state index is 12.8. The molecule has 0 aliphatic carbocycles. The summed E-state index contributed by atoms with van der Waals surface area (Å²) in [7, 11) is 0. The van der Waals surface area contributed by atoms with E-state index in [0.29, 0.717) is 5.69 Å². The van der Waals surface area contributed by atoms with Gasteiger partial charge in [-0.05, 0) is 23.7 Å². The van der Waals surface area contributed by atoms with Gasteiger partial charge < -0.3 is 4.74 Å². The molecule has 0 saturated heterocycles. The number of hydrogen-bond acceptors (Lipinski definition) is 4. The van der Waals surface area contributed by atoms with Crippen molar-refractivity contribution in [1.82, 2.24) is 15.0 Å². The van der Waals surface area contributed by atoms with Crippen LogP contribution in [0, 0.1) is 5.82 Å². The van der Waals surface area contributed by atoms with Gasteiger partial charge in [0.15, 0.2) is 0 Å². The molecule has 0 unspecified atom stereocenters. The number of ether oxygens (including phenoxy) is 1. The van der Waals surface area contributed by atoms with Crippen molar-refractivity contribution in [3.8, 4) is 5.88 Å². The molecule has 0 spiro atoms. The first-order valence-electron chi connectivity index (χ1n) is 4.46. The third kappa shape index (κ3) is 2.87. The van der Waals surface area contributed by atoms with E-state index in [-0.39, 0.29) is 17.8 Å². The van der Waals surface area contributed by atoms with E-state index in [4.69, 9.17) is 16.3 Å². The first-order chi connectivity index (χ1) is 7.74. The van der Waals surface area contributed by atoms with E-state index >= 15 is 0 Å². The lowest BCUT2D eigenvalue weighted by molar-refractivity contribution is 0.287. The molecule has 4 nitrogen and oxygen atoms in total. The Morgan fingerprint density at radius 2 is 2.06 bits per heavy atom. The number of nitrogens with zero attached hydrogens (tertiary/aromatic N) is 3. The van der Waals surface area contributed by atoms with Crippen LogP contribution in [0.25, 0.3) is 0 Å². The highest BCUT2D eigenvalue weighted by molar-refractivity contribution is 6.28. The first kappa shape index (κ1) is 10.8. The van der Waals surface area contributed by atoms with E-state index < -0.39 is 5.82 Å². The SMILES string of the molecule is Fc1ccnc(OCc2ccnc(Cl)n2)c1. The van der Waals surface area contributed by atoms with Gasteiger partial charge in [0, 0.05) is 18.5 Å². The predicted molar refractivity (Wildman–Crippen MR) is 55.6 cm³/mol. The lowest BCUT2D eigenvalue weighted by Crippen LogP contribution is -2.00. The third-order valence-corrected chi connectivity index (χ3v) is 1.93. The molecule has 0 saturated carbocycles. The fourth-order valence-corrected chi connectivity index (χ4v) is 1.23. The average molecular weight is 240 g/mol. The third-order valence-electron chi connectivity index (χ3n) is 1.75. The molecule has 16 heavy (non-hydrogen) atoms. The van der Waals surface area contributed by atoms with Crippen molar-refractivity contribution in [1.29, 1.82) is 0 Å². The standard InChI is InChI=1S/C10H7ClFN3O/c11-10-14-4-2-8(15-10)6-16-9-5-7(12)1-3-13-9/h1-5H,6H2. The molecule has 0 aliphatic heterocycles. The molecular weight excluding hydrogens is 233 g/mol. The average Bonchev–Trinajstić information content (AvgIpc) is 2.27. The fraction of sp³-hybridized carbons (Fsp3) is 0.100.